The topological polar surface area (TPSA) is 85.1 Å². The largest absolute Gasteiger partial charge is 0.393 e. The first kappa shape index (κ1) is 13.5. The van der Waals surface area contributed by atoms with Crippen LogP contribution in [0.4, 0.5) is 17.3 Å². The molecule has 0 saturated heterocycles. The minimum absolute atomic E-state index is 0.149. The lowest BCUT2D eigenvalue weighted by molar-refractivity contribution is 0.190. The molecule has 6 heteroatoms. The SMILES string of the molecule is CCCNc1ncnc(NC(C)COC)c1N. The van der Waals surface area contributed by atoms with Crippen LogP contribution >= 0.6 is 0 Å². The van der Waals surface area contributed by atoms with Crippen molar-refractivity contribution < 1.29 is 4.74 Å². The molecular formula is C11H21N5O. The highest BCUT2D eigenvalue weighted by molar-refractivity contribution is 5.74. The molecule has 1 atom stereocenters. The van der Waals surface area contributed by atoms with E-state index in [2.05, 4.69) is 27.5 Å². The van der Waals surface area contributed by atoms with Crippen LogP contribution in [-0.4, -0.2) is 36.3 Å². The summed E-state index contributed by atoms with van der Waals surface area (Å²) in [4.78, 5) is 8.24. The third-order valence-electron chi connectivity index (χ3n) is 2.23. The number of ether oxygens (including phenoxy) is 1. The van der Waals surface area contributed by atoms with Crippen LogP contribution in [0.3, 0.4) is 0 Å². The van der Waals surface area contributed by atoms with Crippen molar-refractivity contribution >= 4 is 17.3 Å². The van der Waals surface area contributed by atoms with Gasteiger partial charge in [0.2, 0.25) is 0 Å². The molecule has 0 bridgehead atoms. The standard InChI is InChI=1S/C11H21N5O/c1-4-5-13-10-9(12)11(15-7-14-10)16-8(2)6-17-3/h7-8H,4-6,12H2,1-3H3,(H2,13,14,15,16). The van der Waals surface area contributed by atoms with Gasteiger partial charge < -0.3 is 21.1 Å². The van der Waals surface area contributed by atoms with Crippen LogP contribution in [0.1, 0.15) is 20.3 Å². The van der Waals surface area contributed by atoms with E-state index in [1.807, 2.05) is 6.92 Å². The fraction of sp³-hybridized carbons (Fsp3) is 0.636. The van der Waals surface area contributed by atoms with Crippen molar-refractivity contribution in [3.05, 3.63) is 6.33 Å². The first-order valence-electron chi connectivity index (χ1n) is 5.78. The van der Waals surface area contributed by atoms with E-state index in [1.54, 1.807) is 7.11 Å². The number of nitrogens with two attached hydrogens (primary N) is 1. The van der Waals surface area contributed by atoms with E-state index in [1.165, 1.54) is 6.33 Å². The molecule has 17 heavy (non-hydrogen) atoms. The molecule has 1 heterocycles. The van der Waals surface area contributed by atoms with Gasteiger partial charge in [-0.3, -0.25) is 0 Å². The normalized spacial score (nSPS) is 12.2. The Labute approximate surface area is 102 Å². The number of nitrogens with zero attached hydrogens (tertiary/aromatic N) is 2. The summed E-state index contributed by atoms with van der Waals surface area (Å²) >= 11 is 0. The number of hydrogen-bond acceptors (Lipinski definition) is 6. The second-order valence-electron chi connectivity index (χ2n) is 3.91. The van der Waals surface area contributed by atoms with E-state index in [0.29, 0.717) is 23.9 Å². The molecule has 0 radical (unpaired) electrons. The molecule has 0 aliphatic carbocycles. The van der Waals surface area contributed by atoms with Gasteiger partial charge in [0.15, 0.2) is 11.6 Å². The highest BCUT2D eigenvalue weighted by Gasteiger charge is 2.09. The van der Waals surface area contributed by atoms with Crippen molar-refractivity contribution in [1.82, 2.24) is 9.97 Å². The van der Waals surface area contributed by atoms with E-state index in [0.717, 1.165) is 13.0 Å². The highest BCUT2D eigenvalue weighted by Crippen LogP contribution is 2.22. The zero-order valence-electron chi connectivity index (χ0n) is 10.7. The summed E-state index contributed by atoms with van der Waals surface area (Å²) in [6.07, 6.45) is 2.52. The number of anilines is 3. The Hall–Kier alpha value is -1.56. The van der Waals surface area contributed by atoms with E-state index in [9.17, 15) is 0 Å². The minimum Gasteiger partial charge on any atom is -0.393 e. The zero-order chi connectivity index (χ0) is 12.7. The second kappa shape index (κ2) is 6.90. The van der Waals surface area contributed by atoms with Gasteiger partial charge >= 0.3 is 0 Å². The number of hydrogen-bond donors (Lipinski definition) is 3. The summed E-state index contributed by atoms with van der Waals surface area (Å²) in [6.45, 7) is 5.53. The van der Waals surface area contributed by atoms with Gasteiger partial charge in [-0.25, -0.2) is 9.97 Å². The van der Waals surface area contributed by atoms with Crippen LogP contribution < -0.4 is 16.4 Å². The van der Waals surface area contributed by atoms with Crippen molar-refractivity contribution in [2.45, 2.75) is 26.3 Å². The Morgan fingerprint density at radius 1 is 1.41 bits per heavy atom. The summed E-state index contributed by atoms with van der Waals surface area (Å²) in [5.74, 6) is 1.32. The van der Waals surface area contributed by atoms with Crippen LogP contribution in [0.15, 0.2) is 6.33 Å². The van der Waals surface area contributed by atoms with E-state index >= 15 is 0 Å². The van der Waals surface area contributed by atoms with Crippen molar-refractivity contribution in [3.8, 4) is 0 Å². The van der Waals surface area contributed by atoms with Gasteiger partial charge in [-0.2, -0.15) is 0 Å². The number of aromatic nitrogens is 2. The molecule has 0 saturated carbocycles. The van der Waals surface area contributed by atoms with Gasteiger partial charge in [0.25, 0.3) is 0 Å². The van der Waals surface area contributed by atoms with Gasteiger partial charge in [-0.1, -0.05) is 6.92 Å². The molecule has 0 aliphatic rings. The Kier molecular flexibility index (Phi) is 5.48. The number of methoxy groups -OCH3 is 1. The average Bonchev–Trinajstić information content (AvgIpc) is 2.30. The number of nitrogens with one attached hydrogen (secondary N) is 2. The molecule has 0 amide bonds. The van der Waals surface area contributed by atoms with Crippen LogP contribution in [-0.2, 0) is 4.74 Å². The smallest absolute Gasteiger partial charge is 0.155 e. The van der Waals surface area contributed by atoms with Crippen LogP contribution in [0.2, 0.25) is 0 Å². The first-order valence-corrected chi connectivity index (χ1v) is 5.78. The molecule has 4 N–H and O–H groups in total. The van der Waals surface area contributed by atoms with Gasteiger partial charge in [0.05, 0.1) is 6.61 Å². The summed E-state index contributed by atoms with van der Waals surface area (Å²) in [7, 11) is 1.66. The molecule has 6 nitrogen and oxygen atoms in total. The van der Waals surface area contributed by atoms with E-state index in [4.69, 9.17) is 10.5 Å². The van der Waals surface area contributed by atoms with Crippen LogP contribution in [0.5, 0.6) is 0 Å². The summed E-state index contributed by atoms with van der Waals surface area (Å²) in [6, 6.07) is 0.149. The summed E-state index contributed by atoms with van der Waals surface area (Å²) in [5, 5.41) is 6.35. The molecule has 1 rings (SSSR count). The number of rotatable bonds is 7. The maximum absolute atomic E-state index is 5.98. The Morgan fingerprint density at radius 3 is 2.76 bits per heavy atom. The molecule has 0 spiro atoms. The predicted molar refractivity (Wildman–Crippen MR) is 70.2 cm³/mol. The molecule has 0 fully saturated rings. The average molecular weight is 239 g/mol. The lowest BCUT2D eigenvalue weighted by Gasteiger charge is -2.16. The molecule has 1 aromatic rings. The highest BCUT2D eigenvalue weighted by atomic mass is 16.5. The molecule has 0 aromatic carbocycles. The Bertz CT molecular complexity index is 345. The van der Waals surface area contributed by atoms with Crippen LogP contribution in [0.25, 0.3) is 0 Å². The fourth-order valence-electron chi connectivity index (χ4n) is 1.42. The maximum atomic E-state index is 5.98. The summed E-state index contributed by atoms with van der Waals surface area (Å²) < 4.78 is 5.05. The quantitative estimate of drug-likeness (QED) is 0.665. The lowest BCUT2D eigenvalue weighted by atomic mass is 10.3. The van der Waals surface area contributed by atoms with Crippen molar-refractivity contribution in [1.29, 1.82) is 0 Å². The van der Waals surface area contributed by atoms with E-state index in [-0.39, 0.29) is 6.04 Å². The first-order chi connectivity index (χ1) is 8.19. The zero-order valence-corrected chi connectivity index (χ0v) is 10.7. The lowest BCUT2D eigenvalue weighted by Crippen LogP contribution is -2.22. The van der Waals surface area contributed by atoms with Crippen molar-refractivity contribution in [3.63, 3.8) is 0 Å². The van der Waals surface area contributed by atoms with Crippen molar-refractivity contribution in [2.24, 2.45) is 0 Å². The Balaban J connectivity index is 2.72. The molecular weight excluding hydrogens is 218 g/mol. The third-order valence-corrected chi connectivity index (χ3v) is 2.23. The Morgan fingerprint density at radius 2 is 2.12 bits per heavy atom. The van der Waals surface area contributed by atoms with Gasteiger partial charge in [0, 0.05) is 19.7 Å². The second-order valence-corrected chi connectivity index (χ2v) is 3.91. The molecule has 0 aliphatic heterocycles. The number of nitrogen functional groups attached to an aromatic ring is 1. The molecule has 96 valence electrons. The minimum atomic E-state index is 0.149. The molecule has 1 unspecified atom stereocenters. The van der Waals surface area contributed by atoms with Crippen molar-refractivity contribution in [2.75, 3.05) is 36.6 Å². The van der Waals surface area contributed by atoms with E-state index < -0.39 is 0 Å². The van der Waals surface area contributed by atoms with Gasteiger partial charge in [-0.15, -0.1) is 0 Å². The fourth-order valence-corrected chi connectivity index (χ4v) is 1.42. The van der Waals surface area contributed by atoms with Crippen LogP contribution in [0, 0.1) is 0 Å². The van der Waals surface area contributed by atoms with Gasteiger partial charge in [-0.05, 0) is 13.3 Å². The molecule has 1 aromatic heterocycles. The third kappa shape index (κ3) is 4.07. The monoisotopic (exact) mass is 239 g/mol. The van der Waals surface area contributed by atoms with Gasteiger partial charge in [0.1, 0.15) is 12.0 Å². The maximum Gasteiger partial charge on any atom is 0.155 e. The predicted octanol–water partition coefficient (Wildman–Crippen LogP) is 1.33. The summed E-state index contributed by atoms with van der Waals surface area (Å²) in [5.41, 5.74) is 6.52.